The molecule has 92 valence electrons. The van der Waals surface area contributed by atoms with Gasteiger partial charge >= 0.3 is 0 Å². The molecule has 0 aliphatic carbocycles. The van der Waals surface area contributed by atoms with E-state index in [1.165, 1.54) is 11.3 Å². The first-order valence-electron chi connectivity index (χ1n) is 5.96. The minimum atomic E-state index is 0.762. The fourth-order valence-corrected chi connectivity index (χ4v) is 2.84. The number of aryl methyl sites for hydroxylation is 1. The van der Waals surface area contributed by atoms with E-state index in [0.717, 1.165) is 54.7 Å². The van der Waals surface area contributed by atoms with Crippen LogP contribution >= 0.6 is 11.3 Å². The zero-order chi connectivity index (χ0) is 12.3. The molecule has 0 unspecified atom stereocenters. The molecule has 1 aromatic heterocycles. The second-order valence-corrected chi connectivity index (χ2v) is 5.61. The van der Waals surface area contributed by atoms with Crippen LogP contribution in [0.25, 0.3) is 0 Å². The molecule has 1 aliphatic heterocycles. The number of aromatic nitrogens is 1. The van der Waals surface area contributed by atoms with Gasteiger partial charge in [0, 0.05) is 39.1 Å². The molecular weight excluding hydrogens is 232 g/mol. The molecule has 0 bridgehead atoms. The molecule has 17 heavy (non-hydrogen) atoms. The molecule has 0 radical (unpaired) electrons. The van der Waals surface area contributed by atoms with Crippen molar-refractivity contribution in [2.24, 2.45) is 0 Å². The summed E-state index contributed by atoms with van der Waals surface area (Å²) in [6.07, 6.45) is 0.969. The third kappa shape index (κ3) is 3.25. The smallest absolute Gasteiger partial charge is 0.127 e. The summed E-state index contributed by atoms with van der Waals surface area (Å²) in [5, 5.41) is 9.98. The van der Waals surface area contributed by atoms with Crippen molar-refractivity contribution in [3.05, 3.63) is 15.6 Å². The summed E-state index contributed by atoms with van der Waals surface area (Å²) in [7, 11) is 2.17. The van der Waals surface area contributed by atoms with E-state index in [9.17, 15) is 0 Å². The Bertz CT molecular complexity index is 413. The van der Waals surface area contributed by atoms with Gasteiger partial charge in [-0.25, -0.2) is 4.98 Å². The molecule has 0 saturated carbocycles. The lowest BCUT2D eigenvalue weighted by atomic mass is 10.3. The predicted octanol–water partition coefficient (Wildman–Crippen LogP) is 1.11. The highest BCUT2D eigenvalue weighted by atomic mass is 32.1. The highest BCUT2D eigenvalue weighted by Gasteiger charge is 2.14. The Morgan fingerprint density at radius 2 is 2.06 bits per heavy atom. The van der Waals surface area contributed by atoms with Crippen molar-refractivity contribution >= 4 is 11.3 Å². The Morgan fingerprint density at radius 3 is 2.65 bits per heavy atom. The minimum absolute atomic E-state index is 0.762. The third-order valence-corrected chi connectivity index (χ3v) is 4.30. The molecule has 0 aromatic carbocycles. The summed E-state index contributed by atoms with van der Waals surface area (Å²) < 4.78 is 0. The van der Waals surface area contributed by atoms with Gasteiger partial charge in [0.05, 0.1) is 10.7 Å². The Morgan fingerprint density at radius 1 is 1.35 bits per heavy atom. The van der Waals surface area contributed by atoms with Gasteiger partial charge in [-0.3, -0.25) is 0 Å². The first kappa shape index (κ1) is 12.5. The molecule has 4 nitrogen and oxygen atoms in total. The van der Waals surface area contributed by atoms with E-state index in [-0.39, 0.29) is 0 Å². The Labute approximate surface area is 106 Å². The van der Waals surface area contributed by atoms with E-state index in [2.05, 4.69) is 27.9 Å². The zero-order valence-corrected chi connectivity index (χ0v) is 11.3. The first-order chi connectivity index (χ1) is 8.19. The van der Waals surface area contributed by atoms with Gasteiger partial charge in [-0.1, -0.05) is 0 Å². The van der Waals surface area contributed by atoms with Crippen LogP contribution in [0.5, 0.6) is 0 Å². The number of hydrogen-bond donors (Lipinski definition) is 0. The van der Waals surface area contributed by atoms with Crippen LogP contribution in [-0.2, 0) is 6.42 Å². The van der Waals surface area contributed by atoms with Crippen LogP contribution in [0, 0.1) is 18.3 Å². The van der Waals surface area contributed by atoms with Crippen LogP contribution < -0.4 is 0 Å². The maximum absolute atomic E-state index is 8.88. The highest BCUT2D eigenvalue weighted by Crippen LogP contribution is 2.17. The molecule has 1 fully saturated rings. The minimum Gasteiger partial charge on any atom is -0.304 e. The van der Waals surface area contributed by atoms with Crippen molar-refractivity contribution in [2.45, 2.75) is 13.3 Å². The summed E-state index contributed by atoms with van der Waals surface area (Å²) in [4.78, 5) is 10.0. The molecule has 0 spiro atoms. The van der Waals surface area contributed by atoms with Gasteiger partial charge in [0.2, 0.25) is 0 Å². The SMILES string of the molecule is Cc1nc(CCN2CCN(C)CC2)sc1C#N. The molecule has 0 amide bonds. The van der Waals surface area contributed by atoms with Gasteiger partial charge in [-0.15, -0.1) is 11.3 Å². The van der Waals surface area contributed by atoms with Crippen LogP contribution in [0.3, 0.4) is 0 Å². The fourth-order valence-electron chi connectivity index (χ4n) is 1.99. The summed E-state index contributed by atoms with van der Waals surface area (Å²) >= 11 is 1.54. The molecule has 2 rings (SSSR count). The van der Waals surface area contributed by atoms with Gasteiger partial charge in [0.25, 0.3) is 0 Å². The molecule has 1 aliphatic rings. The highest BCUT2D eigenvalue weighted by molar-refractivity contribution is 7.12. The van der Waals surface area contributed by atoms with E-state index >= 15 is 0 Å². The number of rotatable bonds is 3. The largest absolute Gasteiger partial charge is 0.304 e. The lowest BCUT2D eigenvalue weighted by Gasteiger charge is -2.32. The Balaban J connectivity index is 1.83. The summed E-state index contributed by atoms with van der Waals surface area (Å²) in [6, 6.07) is 2.20. The molecule has 0 N–H and O–H groups in total. The lowest BCUT2D eigenvalue weighted by Crippen LogP contribution is -2.45. The van der Waals surface area contributed by atoms with Gasteiger partial charge in [-0.2, -0.15) is 5.26 Å². The van der Waals surface area contributed by atoms with Crippen LogP contribution in [0.1, 0.15) is 15.6 Å². The van der Waals surface area contributed by atoms with E-state index < -0.39 is 0 Å². The monoisotopic (exact) mass is 250 g/mol. The molecule has 1 saturated heterocycles. The van der Waals surface area contributed by atoms with E-state index in [1.807, 2.05) is 6.92 Å². The predicted molar refractivity (Wildman–Crippen MR) is 69.2 cm³/mol. The molecule has 2 heterocycles. The average molecular weight is 250 g/mol. The Kier molecular flexibility index (Phi) is 4.11. The molecule has 5 heteroatoms. The normalized spacial score (nSPS) is 18.2. The number of likely N-dealkylation sites (N-methyl/N-ethyl adjacent to an activating group) is 1. The molecular formula is C12H18N4S. The number of nitrogens with zero attached hydrogens (tertiary/aromatic N) is 4. The zero-order valence-electron chi connectivity index (χ0n) is 10.4. The van der Waals surface area contributed by atoms with Crippen LogP contribution in [0.4, 0.5) is 0 Å². The second kappa shape index (κ2) is 5.58. The van der Waals surface area contributed by atoms with E-state index in [4.69, 9.17) is 5.26 Å². The van der Waals surface area contributed by atoms with Crippen LogP contribution in [0.15, 0.2) is 0 Å². The van der Waals surface area contributed by atoms with Crippen molar-refractivity contribution < 1.29 is 0 Å². The van der Waals surface area contributed by atoms with Gasteiger partial charge in [0.15, 0.2) is 0 Å². The fraction of sp³-hybridized carbons (Fsp3) is 0.667. The van der Waals surface area contributed by atoms with Crippen molar-refractivity contribution in [1.29, 1.82) is 5.26 Å². The van der Waals surface area contributed by atoms with Crippen molar-refractivity contribution in [2.75, 3.05) is 39.8 Å². The average Bonchev–Trinajstić information content (AvgIpc) is 2.69. The second-order valence-electron chi connectivity index (χ2n) is 4.53. The van der Waals surface area contributed by atoms with Gasteiger partial charge in [0.1, 0.15) is 10.9 Å². The number of piperazine rings is 1. The molecule has 0 atom stereocenters. The summed E-state index contributed by atoms with van der Waals surface area (Å²) in [5.74, 6) is 0. The quantitative estimate of drug-likeness (QED) is 0.806. The van der Waals surface area contributed by atoms with E-state index in [0.29, 0.717) is 0 Å². The van der Waals surface area contributed by atoms with Crippen molar-refractivity contribution in [1.82, 2.24) is 14.8 Å². The number of nitriles is 1. The topological polar surface area (TPSA) is 43.2 Å². The lowest BCUT2D eigenvalue weighted by molar-refractivity contribution is 0.155. The van der Waals surface area contributed by atoms with Crippen LogP contribution in [-0.4, -0.2) is 54.6 Å². The van der Waals surface area contributed by atoms with Gasteiger partial charge in [-0.05, 0) is 14.0 Å². The van der Waals surface area contributed by atoms with Gasteiger partial charge < -0.3 is 9.80 Å². The number of hydrogen-bond acceptors (Lipinski definition) is 5. The van der Waals surface area contributed by atoms with Crippen molar-refractivity contribution in [3.63, 3.8) is 0 Å². The van der Waals surface area contributed by atoms with Crippen LogP contribution in [0.2, 0.25) is 0 Å². The van der Waals surface area contributed by atoms with E-state index in [1.54, 1.807) is 0 Å². The Hall–Kier alpha value is -0.960. The maximum atomic E-state index is 8.88. The summed E-state index contributed by atoms with van der Waals surface area (Å²) in [5.41, 5.74) is 0.880. The first-order valence-corrected chi connectivity index (χ1v) is 6.78. The third-order valence-electron chi connectivity index (χ3n) is 3.18. The standard InChI is InChI=1S/C12H18N4S/c1-10-11(9-13)17-12(14-10)3-4-16-7-5-15(2)6-8-16/h3-8H2,1-2H3. The maximum Gasteiger partial charge on any atom is 0.127 e. The number of thiazole rings is 1. The van der Waals surface area contributed by atoms with Crippen molar-refractivity contribution in [3.8, 4) is 6.07 Å². The molecule has 1 aromatic rings. The summed E-state index contributed by atoms with van der Waals surface area (Å²) in [6.45, 7) is 7.57.